The standard InChI is InChI=1S/C15H17ClN2O3/c16-12-4-1-5-13(10-12)18-15(19)17-7-3-8-20-11-14-6-2-9-21-14/h1-2,4-6,9-10H,3,7-8,11H2,(H2,17,18,19). The quantitative estimate of drug-likeness (QED) is 0.767. The van der Waals surface area contributed by atoms with E-state index < -0.39 is 0 Å². The summed E-state index contributed by atoms with van der Waals surface area (Å²) < 4.78 is 10.5. The average Bonchev–Trinajstić information content (AvgIpc) is 2.96. The zero-order valence-corrected chi connectivity index (χ0v) is 12.2. The number of halogens is 1. The minimum atomic E-state index is -0.261. The van der Waals surface area contributed by atoms with Crippen molar-refractivity contribution in [1.82, 2.24) is 5.32 Å². The molecule has 2 rings (SSSR count). The highest BCUT2D eigenvalue weighted by Gasteiger charge is 2.01. The van der Waals surface area contributed by atoms with Crippen molar-refractivity contribution in [1.29, 1.82) is 0 Å². The highest BCUT2D eigenvalue weighted by molar-refractivity contribution is 6.30. The summed E-state index contributed by atoms with van der Waals surface area (Å²) in [6.07, 6.45) is 2.34. The van der Waals surface area contributed by atoms with Crippen LogP contribution in [0.3, 0.4) is 0 Å². The molecule has 0 radical (unpaired) electrons. The maximum atomic E-state index is 11.6. The summed E-state index contributed by atoms with van der Waals surface area (Å²) in [4.78, 5) is 11.6. The van der Waals surface area contributed by atoms with Gasteiger partial charge in [0.1, 0.15) is 12.4 Å². The molecule has 0 fully saturated rings. The number of rotatable bonds is 7. The summed E-state index contributed by atoms with van der Waals surface area (Å²) >= 11 is 5.84. The lowest BCUT2D eigenvalue weighted by Crippen LogP contribution is -2.30. The number of nitrogens with one attached hydrogen (secondary N) is 2. The molecule has 0 atom stereocenters. The van der Waals surface area contributed by atoms with Crippen LogP contribution in [0.4, 0.5) is 10.5 Å². The van der Waals surface area contributed by atoms with Crippen molar-refractivity contribution in [2.75, 3.05) is 18.5 Å². The SMILES string of the molecule is O=C(NCCCOCc1ccco1)Nc1cccc(Cl)c1. The van der Waals surface area contributed by atoms with E-state index in [-0.39, 0.29) is 6.03 Å². The third kappa shape index (κ3) is 5.89. The molecular weight excluding hydrogens is 292 g/mol. The second-order valence-electron chi connectivity index (χ2n) is 4.38. The highest BCUT2D eigenvalue weighted by atomic mass is 35.5. The van der Waals surface area contributed by atoms with Crippen LogP contribution in [0.5, 0.6) is 0 Å². The molecule has 2 aromatic rings. The molecule has 0 unspecified atom stereocenters. The molecule has 1 aromatic heterocycles. The molecule has 0 aliphatic carbocycles. The lowest BCUT2D eigenvalue weighted by molar-refractivity contribution is 0.104. The monoisotopic (exact) mass is 308 g/mol. The molecule has 1 aromatic carbocycles. The van der Waals surface area contributed by atoms with E-state index in [1.807, 2.05) is 12.1 Å². The fourth-order valence-corrected chi connectivity index (χ4v) is 1.88. The van der Waals surface area contributed by atoms with Gasteiger partial charge in [-0.1, -0.05) is 17.7 Å². The number of anilines is 1. The number of ether oxygens (including phenoxy) is 1. The van der Waals surface area contributed by atoms with Gasteiger partial charge < -0.3 is 19.8 Å². The summed E-state index contributed by atoms with van der Waals surface area (Å²) in [5.74, 6) is 0.793. The van der Waals surface area contributed by atoms with Crippen LogP contribution in [0.1, 0.15) is 12.2 Å². The summed E-state index contributed by atoms with van der Waals surface area (Å²) in [5, 5.41) is 6.04. The number of hydrogen-bond acceptors (Lipinski definition) is 3. The third-order valence-electron chi connectivity index (χ3n) is 2.66. The molecule has 21 heavy (non-hydrogen) atoms. The molecule has 0 spiro atoms. The Morgan fingerprint density at radius 1 is 1.29 bits per heavy atom. The van der Waals surface area contributed by atoms with Crippen molar-refractivity contribution in [2.45, 2.75) is 13.0 Å². The van der Waals surface area contributed by atoms with Crippen LogP contribution < -0.4 is 10.6 Å². The number of urea groups is 1. The summed E-state index contributed by atoms with van der Waals surface area (Å²) in [6, 6.07) is 10.4. The summed E-state index contributed by atoms with van der Waals surface area (Å²) in [5.41, 5.74) is 0.661. The van der Waals surface area contributed by atoms with Gasteiger partial charge in [-0.2, -0.15) is 0 Å². The predicted molar refractivity (Wildman–Crippen MR) is 81.5 cm³/mol. The van der Waals surface area contributed by atoms with Crippen molar-refractivity contribution < 1.29 is 13.9 Å². The van der Waals surface area contributed by atoms with Gasteiger partial charge in [0.25, 0.3) is 0 Å². The van der Waals surface area contributed by atoms with Gasteiger partial charge in [0.15, 0.2) is 0 Å². The number of carbonyl (C=O) groups excluding carboxylic acids is 1. The van der Waals surface area contributed by atoms with Crippen LogP contribution in [-0.4, -0.2) is 19.2 Å². The van der Waals surface area contributed by atoms with E-state index in [4.69, 9.17) is 20.8 Å². The van der Waals surface area contributed by atoms with Gasteiger partial charge in [0, 0.05) is 23.9 Å². The van der Waals surface area contributed by atoms with E-state index in [1.54, 1.807) is 30.5 Å². The van der Waals surface area contributed by atoms with Crippen molar-refractivity contribution in [3.05, 3.63) is 53.4 Å². The number of benzene rings is 1. The Kier molecular flexibility index (Phi) is 6.12. The van der Waals surface area contributed by atoms with E-state index in [9.17, 15) is 4.79 Å². The molecule has 5 nitrogen and oxygen atoms in total. The summed E-state index contributed by atoms with van der Waals surface area (Å²) in [6.45, 7) is 1.53. The van der Waals surface area contributed by atoms with E-state index >= 15 is 0 Å². The third-order valence-corrected chi connectivity index (χ3v) is 2.89. The minimum Gasteiger partial charge on any atom is -0.467 e. The van der Waals surface area contributed by atoms with Crippen molar-refractivity contribution >= 4 is 23.3 Å². The van der Waals surface area contributed by atoms with Gasteiger partial charge in [-0.3, -0.25) is 0 Å². The maximum absolute atomic E-state index is 11.6. The van der Waals surface area contributed by atoms with Crippen LogP contribution in [0.2, 0.25) is 5.02 Å². The number of hydrogen-bond donors (Lipinski definition) is 2. The lowest BCUT2D eigenvalue weighted by Gasteiger charge is -2.08. The van der Waals surface area contributed by atoms with Gasteiger partial charge in [-0.05, 0) is 36.8 Å². The van der Waals surface area contributed by atoms with E-state index in [0.29, 0.717) is 30.5 Å². The Bertz CT molecular complexity index is 558. The smallest absolute Gasteiger partial charge is 0.319 e. The van der Waals surface area contributed by atoms with Gasteiger partial charge >= 0.3 is 6.03 Å². The van der Waals surface area contributed by atoms with Gasteiger partial charge in [-0.15, -0.1) is 0 Å². The zero-order valence-electron chi connectivity index (χ0n) is 11.5. The minimum absolute atomic E-state index is 0.261. The second kappa shape index (κ2) is 8.34. The Morgan fingerprint density at radius 2 is 2.19 bits per heavy atom. The first-order valence-electron chi connectivity index (χ1n) is 6.64. The Hall–Kier alpha value is -1.98. The molecule has 0 aliphatic rings. The Morgan fingerprint density at radius 3 is 2.95 bits per heavy atom. The molecular formula is C15H17ClN2O3. The molecule has 0 saturated heterocycles. The first kappa shape index (κ1) is 15.4. The average molecular weight is 309 g/mol. The largest absolute Gasteiger partial charge is 0.467 e. The Balaban J connectivity index is 1.55. The van der Waals surface area contributed by atoms with E-state index in [0.717, 1.165) is 12.2 Å². The maximum Gasteiger partial charge on any atom is 0.319 e. The molecule has 2 N–H and O–H groups in total. The van der Waals surface area contributed by atoms with Crippen molar-refractivity contribution in [3.63, 3.8) is 0 Å². The van der Waals surface area contributed by atoms with Crippen molar-refractivity contribution in [2.24, 2.45) is 0 Å². The topological polar surface area (TPSA) is 63.5 Å². The second-order valence-corrected chi connectivity index (χ2v) is 4.81. The Labute approximate surface area is 128 Å². The zero-order chi connectivity index (χ0) is 14.9. The first-order valence-corrected chi connectivity index (χ1v) is 7.02. The molecule has 112 valence electrons. The van der Waals surface area contributed by atoms with E-state index in [1.165, 1.54) is 0 Å². The van der Waals surface area contributed by atoms with Gasteiger partial charge in [0.05, 0.1) is 6.26 Å². The summed E-state index contributed by atoms with van der Waals surface area (Å²) in [7, 11) is 0. The molecule has 1 heterocycles. The van der Waals surface area contributed by atoms with Crippen LogP contribution >= 0.6 is 11.6 Å². The fraction of sp³-hybridized carbons (Fsp3) is 0.267. The molecule has 0 bridgehead atoms. The number of carbonyl (C=O) groups is 1. The fourth-order valence-electron chi connectivity index (χ4n) is 1.69. The first-order chi connectivity index (χ1) is 10.2. The highest BCUT2D eigenvalue weighted by Crippen LogP contribution is 2.14. The van der Waals surface area contributed by atoms with Gasteiger partial charge in [-0.25, -0.2) is 4.79 Å². The van der Waals surface area contributed by atoms with Crippen LogP contribution in [0.15, 0.2) is 47.1 Å². The molecule has 0 aliphatic heterocycles. The van der Waals surface area contributed by atoms with Crippen LogP contribution in [0, 0.1) is 0 Å². The van der Waals surface area contributed by atoms with Crippen LogP contribution in [-0.2, 0) is 11.3 Å². The van der Waals surface area contributed by atoms with Gasteiger partial charge in [0.2, 0.25) is 0 Å². The predicted octanol–water partition coefficient (Wildman–Crippen LogP) is 3.66. The van der Waals surface area contributed by atoms with Crippen LogP contribution in [0.25, 0.3) is 0 Å². The molecule has 0 saturated carbocycles. The van der Waals surface area contributed by atoms with E-state index in [2.05, 4.69) is 10.6 Å². The molecule has 6 heteroatoms. The van der Waals surface area contributed by atoms with Crippen molar-refractivity contribution in [3.8, 4) is 0 Å². The normalized spacial score (nSPS) is 10.3. The lowest BCUT2D eigenvalue weighted by atomic mass is 10.3. The number of amides is 2. The molecule has 2 amide bonds. The number of furan rings is 1.